The number of thiophene rings is 1. The third-order valence-electron chi connectivity index (χ3n) is 10.4. The molecule has 2 bridgehead atoms. The van der Waals surface area contributed by atoms with Gasteiger partial charge in [-0.25, -0.2) is 0 Å². The van der Waals surface area contributed by atoms with Gasteiger partial charge in [0.2, 0.25) is 5.91 Å². The molecule has 0 radical (unpaired) electrons. The molecule has 4 aromatic rings. The molecule has 42 heavy (non-hydrogen) atoms. The standard InChI is InChI=1S/C36H44N4OS/c1-23-19-24(2)21-27(20-23)33-30(13-18-39-16-11-26(12-17-39)25-9-14-37-15-10-25)31-22-32(42-34(31)38-33)36(3,4)35(41)40-28-5-6-29(40)8-7-28/h9-10,14-15,19-22,26,28-29,38H,5-8,11-13,16-18H2,1-4H3. The average Bonchev–Trinajstić information content (AvgIpc) is 3.76. The molecule has 7 rings (SSSR count). The summed E-state index contributed by atoms with van der Waals surface area (Å²) in [5.41, 5.74) is 7.43. The highest BCUT2D eigenvalue weighted by Crippen LogP contribution is 2.44. The number of rotatable bonds is 7. The quantitative estimate of drug-likeness (QED) is 0.243. The number of nitrogens with one attached hydrogen (secondary N) is 1. The van der Waals surface area contributed by atoms with Crippen molar-refractivity contribution in [2.45, 2.75) is 96.1 Å². The van der Waals surface area contributed by atoms with Crippen LogP contribution in [-0.2, 0) is 16.6 Å². The normalized spacial score (nSPS) is 21.6. The summed E-state index contributed by atoms with van der Waals surface area (Å²) in [5.74, 6) is 0.962. The van der Waals surface area contributed by atoms with Crippen molar-refractivity contribution in [3.05, 3.63) is 75.9 Å². The fraction of sp³-hybridized carbons (Fsp3) is 0.500. The number of aryl methyl sites for hydroxylation is 2. The van der Waals surface area contributed by atoms with Gasteiger partial charge in [-0.2, -0.15) is 0 Å². The number of benzene rings is 1. The molecule has 6 heterocycles. The Morgan fingerprint density at radius 3 is 2.24 bits per heavy atom. The van der Waals surface area contributed by atoms with Crippen LogP contribution in [0.4, 0.5) is 0 Å². The summed E-state index contributed by atoms with van der Waals surface area (Å²) < 4.78 is 0. The van der Waals surface area contributed by atoms with Crippen molar-refractivity contribution in [2.24, 2.45) is 0 Å². The molecule has 0 unspecified atom stereocenters. The zero-order valence-electron chi connectivity index (χ0n) is 25.6. The van der Waals surface area contributed by atoms with Crippen LogP contribution in [0.3, 0.4) is 0 Å². The number of H-pyrrole nitrogens is 1. The van der Waals surface area contributed by atoms with Crippen LogP contribution in [0.5, 0.6) is 0 Å². The topological polar surface area (TPSA) is 52.2 Å². The number of carbonyl (C=O) groups excluding carboxylic acids is 1. The SMILES string of the molecule is Cc1cc(C)cc(-c2[nH]c3sc(C(C)(C)C(=O)N4C5CCC4CC5)cc3c2CCN2CCC(c3ccncc3)CC2)c1. The first kappa shape index (κ1) is 27.8. The minimum Gasteiger partial charge on any atom is -0.346 e. The van der Waals surface area contributed by atoms with Gasteiger partial charge in [-0.05, 0) is 139 Å². The Balaban J connectivity index is 1.16. The maximum absolute atomic E-state index is 13.9. The molecule has 1 aromatic carbocycles. The Hall–Kier alpha value is -2.96. The third-order valence-corrected chi connectivity index (χ3v) is 11.8. The highest BCUT2D eigenvalue weighted by atomic mass is 32.1. The Morgan fingerprint density at radius 1 is 0.952 bits per heavy atom. The van der Waals surface area contributed by atoms with Crippen LogP contribution in [0.25, 0.3) is 21.5 Å². The summed E-state index contributed by atoms with van der Waals surface area (Å²) >= 11 is 1.79. The summed E-state index contributed by atoms with van der Waals surface area (Å²) in [6.07, 6.45) is 12.0. The van der Waals surface area contributed by atoms with Crippen LogP contribution in [0.2, 0.25) is 0 Å². The van der Waals surface area contributed by atoms with Gasteiger partial charge in [-0.3, -0.25) is 9.78 Å². The van der Waals surface area contributed by atoms with Crippen molar-refractivity contribution >= 4 is 27.5 Å². The predicted molar refractivity (Wildman–Crippen MR) is 173 cm³/mol. The molecule has 3 aromatic heterocycles. The molecule has 220 valence electrons. The number of hydrogen-bond acceptors (Lipinski definition) is 4. The van der Waals surface area contributed by atoms with E-state index in [-0.39, 0.29) is 0 Å². The van der Waals surface area contributed by atoms with E-state index in [0.717, 1.165) is 26.1 Å². The van der Waals surface area contributed by atoms with Crippen molar-refractivity contribution in [1.82, 2.24) is 19.8 Å². The van der Waals surface area contributed by atoms with Gasteiger partial charge in [0.15, 0.2) is 0 Å². The summed E-state index contributed by atoms with van der Waals surface area (Å²) in [4.78, 5) is 29.3. The minimum atomic E-state index is -0.512. The maximum atomic E-state index is 13.9. The Morgan fingerprint density at radius 2 is 1.60 bits per heavy atom. The van der Waals surface area contributed by atoms with Gasteiger partial charge in [-0.1, -0.05) is 17.2 Å². The van der Waals surface area contributed by atoms with Crippen LogP contribution < -0.4 is 0 Å². The number of nitrogens with zero attached hydrogens (tertiary/aromatic N) is 3. The number of piperidine rings is 1. The maximum Gasteiger partial charge on any atom is 0.233 e. The highest BCUT2D eigenvalue weighted by Gasteiger charge is 2.47. The molecule has 0 atom stereocenters. The lowest BCUT2D eigenvalue weighted by Crippen LogP contribution is -2.45. The van der Waals surface area contributed by atoms with Gasteiger partial charge in [0.05, 0.1) is 11.1 Å². The van der Waals surface area contributed by atoms with E-state index in [4.69, 9.17) is 0 Å². The number of pyridine rings is 1. The third kappa shape index (κ3) is 5.01. The van der Waals surface area contributed by atoms with E-state index < -0.39 is 5.41 Å². The van der Waals surface area contributed by atoms with Gasteiger partial charge < -0.3 is 14.8 Å². The number of fused-ring (bicyclic) bond motifs is 3. The van der Waals surface area contributed by atoms with E-state index in [9.17, 15) is 4.79 Å². The number of hydrogen-bond donors (Lipinski definition) is 1. The zero-order valence-corrected chi connectivity index (χ0v) is 26.4. The van der Waals surface area contributed by atoms with Crippen molar-refractivity contribution in [3.8, 4) is 11.3 Å². The fourth-order valence-corrected chi connectivity index (χ4v) is 9.22. The molecular formula is C36H44N4OS. The largest absolute Gasteiger partial charge is 0.346 e. The van der Waals surface area contributed by atoms with Crippen molar-refractivity contribution in [2.75, 3.05) is 19.6 Å². The molecule has 3 saturated heterocycles. The number of aromatic amines is 1. The van der Waals surface area contributed by atoms with Crippen LogP contribution in [0.1, 0.15) is 85.4 Å². The first-order valence-corrected chi connectivity index (χ1v) is 16.8. The molecule has 3 aliphatic heterocycles. The van der Waals surface area contributed by atoms with Crippen molar-refractivity contribution < 1.29 is 4.79 Å². The molecule has 5 nitrogen and oxygen atoms in total. The van der Waals surface area contributed by atoms with Gasteiger partial charge in [0.25, 0.3) is 0 Å². The molecule has 0 spiro atoms. The number of aromatic nitrogens is 2. The second kappa shape index (κ2) is 10.9. The molecule has 1 amide bonds. The first-order chi connectivity index (χ1) is 20.3. The highest BCUT2D eigenvalue weighted by molar-refractivity contribution is 7.19. The Bertz CT molecular complexity index is 1550. The summed E-state index contributed by atoms with van der Waals surface area (Å²) in [7, 11) is 0. The lowest BCUT2D eigenvalue weighted by molar-refractivity contribution is -0.137. The van der Waals surface area contributed by atoms with E-state index >= 15 is 0 Å². The first-order valence-electron chi connectivity index (χ1n) is 16.0. The minimum absolute atomic E-state index is 0.324. The van der Waals surface area contributed by atoms with Crippen LogP contribution >= 0.6 is 11.3 Å². The monoisotopic (exact) mass is 580 g/mol. The van der Waals surface area contributed by atoms with E-state index in [2.05, 4.69) is 83.9 Å². The van der Waals surface area contributed by atoms with E-state index in [1.165, 1.54) is 87.1 Å². The van der Waals surface area contributed by atoms with E-state index in [0.29, 0.717) is 23.9 Å². The summed E-state index contributed by atoms with van der Waals surface area (Å²) in [6, 6.07) is 14.5. The lowest BCUT2D eigenvalue weighted by atomic mass is 9.88. The second-order valence-electron chi connectivity index (χ2n) is 13.7. The smallest absolute Gasteiger partial charge is 0.233 e. The van der Waals surface area contributed by atoms with Crippen molar-refractivity contribution in [1.29, 1.82) is 0 Å². The van der Waals surface area contributed by atoms with Crippen LogP contribution in [-0.4, -0.2) is 57.4 Å². The Kier molecular flexibility index (Phi) is 7.26. The number of likely N-dealkylation sites (tertiary alicyclic amines) is 1. The van der Waals surface area contributed by atoms with E-state index in [1.807, 2.05) is 12.4 Å². The molecule has 0 aliphatic carbocycles. The van der Waals surface area contributed by atoms with Gasteiger partial charge in [-0.15, -0.1) is 11.3 Å². The molecule has 6 heteroatoms. The lowest BCUT2D eigenvalue weighted by Gasteiger charge is -2.32. The van der Waals surface area contributed by atoms with Crippen LogP contribution in [0.15, 0.2) is 48.8 Å². The molecule has 3 aliphatic rings. The second-order valence-corrected chi connectivity index (χ2v) is 14.7. The van der Waals surface area contributed by atoms with Gasteiger partial charge >= 0.3 is 0 Å². The van der Waals surface area contributed by atoms with E-state index in [1.54, 1.807) is 11.3 Å². The molecule has 3 fully saturated rings. The van der Waals surface area contributed by atoms with Gasteiger partial charge in [0.1, 0.15) is 4.83 Å². The molecule has 1 N–H and O–H groups in total. The zero-order chi connectivity index (χ0) is 29.0. The van der Waals surface area contributed by atoms with Crippen molar-refractivity contribution in [3.63, 3.8) is 0 Å². The summed E-state index contributed by atoms with van der Waals surface area (Å²) in [5, 5.41) is 1.31. The number of carbonyl (C=O) groups is 1. The molecule has 0 saturated carbocycles. The van der Waals surface area contributed by atoms with Gasteiger partial charge in [0, 0.05) is 41.3 Å². The fourth-order valence-electron chi connectivity index (χ4n) is 8.03. The average molecular weight is 581 g/mol. The predicted octanol–water partition coefficient (Wildman–Crippen LogP) is 7.76. The molecular weight excluding hydrogens is 536 g/mol. The van der Waals surface area contributed by atoms with Crippen LogP contribution in [0, 0.1) is 13.8 Å². The number of amides is 1. The Labute approximate surface area is 254 Å². The summed E-state index contributed by atoms with van der Waals surface area (Å²) in [6.45, 7) is 12.0.